The number of aromatic nitrogens is 1. The van der Waals surface area contributed by atoms with Gasteiger partial charge in [-0.15, -0.1) is 0 Å². The van der Waals surface area contributed by atoms with E-state index in [1.165, 1.54) is 6.07 Å². The second-order valence-corrected chi connectivity index (χ2v) is 4.72. The fraction of sp³-hybridized carbons (Fsp3) is 0.0625. The van der Waals surface area contributed by atoms with E-state index in [-0.39, 0.29) is 10.6 Å². The first-order chi connectivity index (χ1) is 10.2. The van der Waals surface area contributed by atoms with Crippen LogP contribution in [0, 0.1) is 21.4 Å². The molecular weight excluding hydrogens is 266 g/mol. The van der Waals surface area contributed by atoms with E-state index in [2.05, 4.69) is 6.07 Å². The maximum atomic E-state index is 11.2. The van der Waals surface area contributed by atoms with Crippen molar-refractivity contribution in [2.75, 3.05) is 0 Å². The van der Waals surface area contributed by atoms with Gasteiger partial charge in [0, 0.05) is 24.2 Å². The molecule has 3 rings (SSSR count). The molecule has 1 aromatic heterocycles. The van der Waals surface area contributed by atoms with Crippen molar-refractivity contribution >= 4 is 16.6 Å². The highest BCUT2D eigenvalue weighted by Crippen LogP contribution is 2.27. The highest BCUT2D eigenvalue weighted by atomic mass is 16.6. The summed E-state index contributed by atoms with van der Waals surface area (Å²) in [4.78, 5) is 10.8. The third-order valence-electron chi connectivity index (χ3n) is 3.40. The Hall–Kier alpha value is -3.13. The van der Waals surface area contributed by atoms with Gasteiger partial charge in [-0.3, -0.25) is 10.1 Å². The van der Waals surface area contributed by atoms with Gasteiger partial charge in [0.05, 0.1) is 16.6 Å². The smallest absolute Gasteiger partial charge is 0.293 e. The molecule has 0 aliphatic heterocycles. The van der Waals surface area contributed by atoms with Gasteiger partial charge in [0.1, 0.15) is 5.52 Å². The van der Waals surface area contributed by atoms with Gasteiger partial charge < -0.3 is 4.57 Å². The van der Waals surface area contributed by atoms with Crippen LogP contribution in [0.25, 0.3) is 10.9 Å². The number of hydrogen-bond acceptors (Lipinski definition) is 3. The molecule has 5 nitrogen and oxygen atoms in total. The number of rotatable bonds is 3. The van der Waals surface area contributed by atoms with E-state index in [4.69, 9.17) is 5.26 Å². The molecule has 1 heterocycles. The lowest BCUT2D eigenvalue weighted by atomic mass is 10.1. The minimum Gasteiger partial charge on any atom is -0.337 e. The molecule has 0 radical (unpaired) electrons. The summed E-state index contributed by atoms with van der Waals surface area (Å²) in [6, 6.07) is 16.2. The topological polar surface area (TPSA) is 71.9 Å². The van der Waals surface area contributed by atoms with Crippen LogP contribution in [-0.4, -0.2) is 9.49 Å². The molecule has 0 spiro atoms. The molecule has 0 unspecified atom stereocenters. The summed E-state index contributed by atoms with van der Waals surface area (Å²) in [5, 5.41) is 20.8. The first-order valence-corrected chi connectivity index (χ1v) is 6.40. The van der Waals surface area contributed by atoms with Crippen LogP contribution < -0.4 is 0 Å². The minimum absolute atomic E-state index is 0.103. The zero-order valence-corrected chi connectivity index (χ0v) is 11.1. The average molecular weight is 277 g/mol. The Balaban J connectivity index is 2.04. The number of non-ortho nitro benzene ring substituents is 1. The van der Waals surface area contributed by atoms with Crippen molar-refractivity contribution in [2.24, 2.45) is 0 Å². The van der Waals surface area contributed by atoms with Crippen LogP contribution in [0.5, 0.6) is 0 Å². The van der Waals surface area contributed by atoms with Crippen molar-refractivity contribution in [2.45, 2.75) is 6.54 Å². The van der Waals surface area contributed by atoms with Crippen LogP contribution in [0.3, 0.4) is 0 Å². The standard InChI is InChI=1S/C16H11N3O2/c17-10-12-4-6-13(7-5-12)11-18-9-8-14-2-1-3-15(16(14)18)19(20)21/h1-9H,11H2. The minimum atomic E-state index is -0.363. The third-order valence-corrected chi connectivity index (χ3v) is 3.40. The van der Waals surface area contributed by atoms with Crippen LogP contribution in [0.2, 0.25) is 0 Å². The molecule has 0 saturated heterocycles. The first kappa shape index (κ1) is 12.9. The summed E-state index contributed by atoms with van der Waals surface area (Å²) in [6.45, 7) is 0.528. The van der Waals surface area contributed by atoms with Gasteiger partial charge in [0.15, 0.2) is 0 Å². The second kappa shape index (κ2) is 5.10. The zero-order chi connectivity index (χ0) is 14.8. The van der Waals surface area contributed by atoms with Crippen molar-refractivity contribution in [1.82, 2.24) is 4.57 Å². The SMILES string of the molecule is N#Cc1ccc(Cn2ccc3cccc([N+](=O)[O-])c32)cc1. The van der Waals surface area contributed by atoms with Crippen LogP contribution >= 0.6 is 0 Å². The number of nitro benzene ring substituents is 1. The van der Waals surface area contributed by atoms with E-state index in [0.29, 0.717) is 17.6 Å². The Kier molecular flexibility index (Phi) is 3.13. The van der Waals surface area contributed by atoms with E-state index in [0.717, 1.165) is 10.9 Å². The highest BCUT2D eigenvalue weighted by molar-refractivity contribution is 5.88. The van der Waals surface area contributed by atoms with Crippen LogP contribution in [0.4, 0.5) is 5.69 Å². The second-order valence-electron chi connectivity index (χ2n) is 4.72. The molecule has 0 bridgehead atoms. The summed E-state index contributed by atoms with van der Waals surface area (Å²) in [7, 11) is 0. The Morgan fingerprint density at radius 1 is 1.14 bits per heavy atom. The molecule has 0 fully saturated rings. The van der Waals surface area contributed by atoms with Gasteiger partial charge >= 0.3 is 0 Å². The number of nitro groups is 1. The largest absolute Gasteiger partial charge is 0.337 e. The quantitative estimate of drug-likeness (QED) is 0.543. The van der Waals surface area contributed by atoms with E-state index >= 15 is 0 Å². The Morgan fingerprint density at radius 3 is 2.57 bits per heavy atom. The van der Waals surface area contributed by atoms with Crippen molar-refractivity contribution in [1.29, 1.82) is 5.26 Å². The molecule has 0 amide bonds. The molecular formula is C16H11N3O2. The number of para-hydroxylation sites is 1. The van der Waals surface area contributed by atoms with E-state index in [1.54, 1.807) is 18.2 Å². The molecule has 0 N–H and O–H groups in total. The summed E-state index contributed by atoms with van der Waals surface area (Å²) >= 11 is 0. The molecule has 0 aliphatic carbocycles. The Labute approximate surface area is 120 Å². The van der Waals surface area contributed by atoms with E-state index in [9.17, 15) is 10.1 Å². The third kappa shape index (κ3) is 2.35. The molecule has 0 aliphatic rings. The number of nitrogens with zero attached hydrogens (tertiary/aromatic N) is 3. The van der Waals surface area contributed by atoms with Crippen molar-refractivity contribution in [3.63, 3.8) is 0 Å². The number of hydrogen-bond donors (Lipinski definition) is 0. The average Bonchev–Trinajstić information content (AvgIpc) is 2.91. The van der Waals surface area contributed by atoms with Crippen LogP contribution in [-0.2, 0) is 6.54 Å². The fourth-order valence-corrected chi connectivity index (χ4v) is 2.40. The van der Waals surface area contributed by atoms with Gasteiger partial charge in [-0.25, -0.2) is 0 Å². The van der Waals surface area contributed by atoms with Gasteiger partial charge in [-0.1, -0.05) is 24.3 Å². The normalized spacial score (nSPS) is 10.4. The van der Waals surface area contributed by atoms with E-state index in [1.807, 2.05) is 35.0 Å². The maximum Gasteiger partial charge on any atom is 0.293 e. The molecule has 0 saturated carbocycles. The van der Waals surface area contributed by atoms with Crippen molar-refractivity contribution in [3.05, 3.63) is 76.0 Å². The Bertz CT molecular complexity index is 857. The van der Waals surface area contributed by atoms with E-state index < -0.39 is 0 Å². The van der Waals surface area contributed by atoms with Gasteiger partial charge in [0.25, 0.3) is 5.69 Å². The number of benzene rings is 2. The number of fused-ring (bicyclic) bond motifs is 1. The molecule has 3 aromatic rings. The lowest BCUT2D eigenvalue weighted by molar-refractivity contribution is -0.383. The summed E-state index contributed by atoms with van der Waals surface area (Å²) in [5.41, 5.74) is 2.31. The van der Waals surface area contributed by atoms with Gasteiger partial charge in [-0.2, -0.15) is 5.26 Å². The monoisotopic (exact) mass is 277 g/mol. The molecule has 5 heteroatoms. The van der Waals surface area contributed by atoms with Gasteiger partial charge in [-0.05, 0) is 23.8 Å². The summed E-state index contributed by atoms with van der Waals surface area (Å²) in [5.74, 6) is 0. The zero-order valence-electron chi connectivity index (χ0n) is 11.1. The molecule has 0 atom stereocenters. The fourth-order valence-electron chi connectivity index (χ4n) is 2.40. The molecule has 102 valence electrons. The maximum absolute atomic E-state index is 11.2. The predicted molar refractivity (Wildman–Crippen MR) is 78.9 cm³/mol. The molecule has 21 heavy (non-hydrogen) atoms. The predicted octanol–water partition coefficient (Wildman–Crippen LogP) is 3.47. The lowest BCUT2D eigenvalue weighted by Gasteiger charge is -2.06. The Morgan fingerprint density at radius 2 is 1.90 bits per heavy atom. The van der Waals surface area contributed by atoms with Crippen LogP contribution in [0.15, 0.2) is 54.7 Å². The molecule has 2 aromatic carbocycles. The lowest BCUT2D eigenvalue weighted by Crippen LogP contribution is -2.00. The summed E-state index contributed by atoms with van der Waals surface area (Å²) < 4.78 is 1.86. The van der Waals surface area contributed by atoms with Crippen molar-refractivity contribution < 1.29 is 4.92 Å². The van der Waals surface area contributed by atoms with Gasteiger partial charge in [0.2, 0.25) is 0 Å². The summed E-state index contributed by atoms with van der Waals surface area (Å²) in [6.07, 6.45) is 1.84. The van der Waals surface area contributed by atoms with Crippen LogP contribution in [0.1, 0.15) is 11.1 Å². The highest BCUT2D eigenvalue weighted by Gasteiger charge is 2.15. The van der Waals surface area contributed by atoms with Crippen molar-refractivity contribution in [3.8, 4) is 6.07 Å². The first-order valence-electron chi connectivity index (χ1n) is 6.40. The number of nitriles is 1.